The van der Waals surface area contributed by atoms with Gasteiger partial charge in [0, 0.05) is 10.5 Å². The lowest BCUT2D eigenvalue weighted by atomic mass is 10.1. The number of nitrogens with zero attached hydrogens (tertiary/aromatic N) is 1. The van der Waals surface area contributed by atoms with E-state index >= 15 is 0 Å². The molecular weight excluding hydrogens is 266 g/mol. The zero-order valence-corrected chi connectivity index (χ0v) is 11.8. The molecule has 0 aliphatic carbocycles. The van der Waals surface area contributed by atoms with E-state index in [0.29, 0.717) is 11.0 Å². The molecule has 3 nitrogen and oxygen atoms in total. The van der Waals surface area contributed by atoms with E-state index in [1.54, 1.807) is 18.0 Å². The number of ketones is 1. The maximum absolute atomic E-state index is 11.9. The van der Waals surface area contributed by atoms with Crippen molar-refractivity contribution >= 4 is 29.3 Å². The number of benzene rings is 1. The molecule has 0 radical (unpaired) electrons. The van der Waals surface area contributed by atoms with Crippen LogP contribution in [-0.2, 0) is 0 Å². The molecule has 1 heterocycles. The molecule has 0 bridgehead atoms. The van der Waals surface area contributed by atoms with Crippen molar-refractivity contribution in [2.75, 3.05) is 12.0 Å². The Morgan fingerprint density at radius 1 is 1.33 bits per heavy atom. The Kier molecular flexibility index (Phi) is 4.49. The van der Waals surface area contributed by atoms with Crippen LogP contribution in [0.3, 0.4) is 0 Å². The summed E-state index contributed by atoms with van der Waals surface area (Å²) in [4.78, 5) is 17.2. The second-order valence-corrected chi connectivity index (χ2v) is 5.50. The van der Waals surface area contributed by atoms with E-state index in [1.165, 1.54) is 11.8 Å². The van der Waals surface area contributed by atoms with Crippen LogP contribution in [0.1, 0.15) is 16.1 Å². The van der Waals surface area contributed by atoms with Gasteiger partial charge in [0.05, 0.1) is 11.4 Å². The van der Waals surface area contributed by atoms with Crippen molar-refractivity contribution in [3.63, 3.8) is 0 Å². The van der Waals surface area contributed by atoms with Crippen LogP contribution in [0, 0.1) is 6.92 Å². The predicted octanol–water partition coefficient (Wildman–Crippen LogP) is 3.68. The molecule has 0 N–H and O–H groups in total. The Morgan fingerprint density at radius 3 is 2.61 bits per heavy atom. The third-order valence-corrected chi connectivity index (χ3v) is 3.92. The van der Waals surface area contributed by atoms with Gasteiger partial charge in [0.25, 0.3) is 5.22 Å². The highest BCUT2D eigenvalue weighted by atomic mass is 32.2. The molecular formula is C13H13NO2S2. The fourth-order valence-electron chi connectivity index (χ4n) is 1.39. The highest BCUT2D eigenvalue weighted by molar-refractivity contribution is 7.99. The van der Waals surface area contributed by atoms with Crippen LogP contribution in [0.25, 0.3) is 0 Å². The predicted molar refractivity (Wildman–Crippen MR) is 74.5 cm³/mol. The minimum atomic E-state index is 0.0866. The molecule has 0 atom stereocenters. The molecule has 94 valence electrons. The molecule has 0 spiro atoms. The molecule has 2 aromatic rings. The largest absolute Gasteiger partial charge is 0.440 e. The van der Waals surface area contributed by atoms with Crippen LogP contribution < -0.4 is 0 Å². The smallest absolute Gasteiger partial charge is 0.256 e. The molecule has 1 aromatic carbocycles. The molecule has 2 rings (SSSR count). The first-order valence-corrected chi connectivity index (χ1v) is 7.62. The van der Waals surface area contributed by atoms with Gasteiger partial charge in [-0.1, -0.05) is 23.9 Å². The van der Waals surface area contributed by atoms with Crippen LogP contribution in [0.4, 0.5) is 0 Å². The summed E-state index contributed by atoms with van der Waals surface area (Å²) in [6.07, 6.45) is 3.59. The Balaban J connectivity index is 1.94. The van der Waals surface area contributed by atoms with Crippen molar-refractivity contribution < 1.29 is 9.21 Å². The van der Waals surface area contributed by atoms with E-state index in [9.17, 15) is 4.79 Å². The monoisotopic (exact) mass is 279 g/mol. The van der Waals surface area contributed by atoms with Gasteiger partial charge in [-0.15, -0.1) is 11.8 Å². The Labute approximate surface area is 114 Å². The lowest BCUT2D eigenvalue weighted by molar-refractivity contribution is 0.102. The summed E-state index contributed by atoms with van der Waals surface area (Å²) in [5, 5.41) is 0.543. The van der Waals surface area contributed by atoms with Crippen molar-refractivity contribution in [2.45, 2.75) is 17.0 Å². The molecule has 0 aliphatic heterocycles. The second-order valence-electron chi connectivity index (χ2n) is 3.70. The molecule has 0 saturated heterocycles. The maximum Gasteiger partial charge on any atom is 0.256 e. The van der Waals surface area contributed by atoms with Gasteiger partial charge in [0.15, 0.2) is 5.78 Å². The van der Waals surface area contributed by atoms with Crippen molar-refractivity contribution in [3.8, 4) is 0 Å². The number of carbonyl (C=O) groups excluding carboxylic acids is 1. The Bertz CT molecular complexity index is 534. The summed E-state index contributed by atoms with van der Waals surface area (Å²) >= 11 is 2.98. The Morgan fingerprint density at radius 2 is 2.06 bits per heavy atom. The zero-order chi connectivity index (χ0) is 13.0. The van der Waals surface area contributed by atoms with Gasteiger partial charge in [0.1, 0.15) is 6.26 Å². The van der Waals surface area contributed by atoms with Gasteiger partial charge in [0.2, 0.25) is 0 Å². The molecule has 0 fully saturated rings. The van der Waals surface area contributed by atoms with Crippen LogP contribution in [-0.4, -0.2) is 22.8 Å². The number of hydrogen-bond acceptors (Lipinski definition) is 5. The van der Waals surface area contributed by atoms with Crippen LogP contribution in [0.5, 0.6) is 0 Å². The van der Waals surface area contributed by atoms with Crippen molar-refractivity contribution in [1.82, 2.24) is 4.98 Å². The van der Waals surface area contributed by atoms with Crippen molar-refractivity contribution in [1.29, 1.82) is 0 Å². The summed E-state index contributed by atoms with van der Waals surface area (Å²) in [6.45, 7) is 1.86. The third-order valence-electron chi connectivity index (χ3n) is 2.34. The number of oxazole rings is 1. The normalized spacial score (nSPS) is 10.6. The summed E-state index contributed by atoms with van der Waals surface area (Å²) in [5.41, 5.74) is 1.55. The number of thioether (sulfide) groups is 2. The first kappa shape index (κ1) is 13.2. The van der Waals surface area contributed by atoms with E-state index in [2.05, 4.69) is 4.98 Å². The van der Waals surface area contributed by atoms with Gasteiger partial charge < -0.3 is 4.42 Å². The molecule has 18 heavy (non-hydrogen) atoms. The average Bonchev–Trinajstić information content (AvgIpc) is 2.82. The van der Waals surface area contributed by atoms with Crippen LogP contribution in [0.2, 0.25) is 0 Å². The number of hydrogen-bond donors (Lipinski definition) is 0. The lowest BCUT2D eigenvalue weighted by Gasteiger charge is -2.00. The van der Waals surface area contributed by atoms with Gasteiger partial charge in [-0.2, -0.15) is 0 Å². The van der Waals surface area contributed by atoms with E-state index in [0.717, 1.165) is 16.2 Å². The van der Waals surface area contributed by atoms with Gasteiger partial charge >= 0.3 is 0 Å². The number of aromatic nitrogens is 1. The SMILES string of the molecule is CSc1ccc(C(=O)CSc2nc(C)co2)cc1. The Hall–Kier alpha value is -1.20. The van der Waals surface area contributed by atoms with Gasteiger partial charge in [-0.3, -0.25) is 4.79 Å². The van der Waals surface area contributed by atoms with Crippen LogP contribution >= 0.6 is 23.5 Å². The lowest BCUT2D eigenvalue weighted by Crippen LogP contribution is -2.01. The highest BCUT2D eigenvalue weighted by Gasteiger charge is 2.09. The van der Waals surface area contributed by atoms with E-state index in [4.69, 9.17) is 4.42 Å². The van der Waals surface area contributed by atoms with E-state index < -0.39 is 0 Å². The number of aryl methyl sites for hydroxylation is 1. The standard InChI is InChI=1S/C13H13NO2S2/c1-9-7-16-13(14-9)18-8-12(15)10-3-5-11(17-2)6-4-10/h3-7H,8H2,1-2H3. The first-order valence-electron chi connectivity index (χ1n) is 5.41. The number of Topliss-reactive ketones (excluding diaryl/α,β-unsaturated/α-hetero) is 1. The van der Waals surface area contributed by atoms with Crippen molar-refractivity contribution in [2.24, 2.45) is 0 Å². The number of carbonyl (C=O) groups is 1. The quantitative estimate of drug-likeness (QED) is 0.617. The average molecular weight is 279 g/mol. The highest BCUT2D eigenvalue weighted by Crippen LogP contribution is 2.20. The minimum Gasteiger partial charge on any atom is -0.440 e. The second kappa shape index (κ2) is 6.11. The number of rotatable bonds is 5. The summed E-state index contributed by atoms with van der Waals surface area (Å²) in [6, 6.07) is 7.63. The topological polar surface area (TPSA) is 43.1 Å². The first-order chi connectivity index (χ1) is 8.69. The van der Waals surface area contributed by atoms with E-state index in [-0.39, 0.29) is 5.78 Å². The summed E-state index contributed by atoms with van der Waals surface area (Å²) in [5.74, 6) is 0.432. The molecule has 5 heteroatoms. The van der Waals surface area contributed by atoms with E-state index in [1.807, 2.05) is 37.4 Å². The molecule has 1 aromatic heterocycles. The summed E-state index contributed by atoms with van der Waals surface area (Å²) in [7, 11) is 0. The third kappa shape index (κ3) is 3.40. The van der Waals surface area contributed by atoms with Gasteiger partial charge in [-0.05, 0) is 25.3 Å². The fourth-order valence-corrected chi connectivity index (χ4v) is 2.54. The zero-order valence-electron chi connectivity index (χ0n) is 10.2. The summed E-state index contributed by atoms with van der Waals surface area (Å²) < 4.78 is 5.18. The van der Waals surface area contributed by atoms with Crippen molar-refractivity contribution in [3.05, 3.63) is 41.8 Å². The van der Waals surface area contributed by atoms with Crippen LogP contribution in [0.15, 0.2) is 45.1 Å². The fraction of sp³-hybridized carbons (Fsp3) is 0.231. The molecule has 0 aliphatic rings. The molecule has 0 unspecified atom stereocenters. The molecule has 0 saturated carbocycles. The van der Waals surface area contributed by atoms with Gasteiger partial charge in [-0.25, -0.2) is 4.98 Å². The maximum atomic E-state index is 11.9. The molecule has 0 amide bonds. The minimum absolute atomic E-state index is 0.0866.